The Hall–Kier alpha value is -2.68. The molecule has 0 saturated heterocycles. The van der Waals surface area contributed by atoms with Crippen LogP contribution in [0, 0.1) is 24.0 Å². The van der Waals surface area contributed by atoms with Crippen LogP contribution in [0.3, 0.4) is 0 Å². The second-order valence-electron chi connectivity index (χ2n) is 4.70. The number of hydrogen-bond acceptors (Lipinski definition) is 2. The van der Waals surface area contributed by atoms with E-state index in [2.05, 4.69) is 17.2 Å². The van der Waals surface area contributed by atoms with Crippen LogP contribution in [-0.2, 0) is 0 Å². The molecule has 0 spiro atoms. The van der Waals surface area contributed by atoms with Gasteiger partial charge < -0.3 is 9.64 Å². The zero-order chi connectivity index (χ0) is 17.1. The van der Waals surface area contributed by atoms with Gasteiger partial charge >= 0.3 is 0 Å². The summed E-state index contributed by atoms with van der Waals surface area (Å²) in [5.41, 5.74) is 0.746. The number of terminal acetylenes is 1. The van der Waals surface area contributed by atoms with Crippen molar-refractivity contribution in [3.63, 3.8) is 0 Å². The molecule has 0 amide bonds. The minimum atomic E-state index is -2.68. The van der Waals surface area contributed by atoms with E-state index in [4.69, 9.17) is 6.42 Å². The van der Waals surface area contributed by atoms with E-state index in [9.17, 15) is 17.6 Å². The fourth-order valence-corrected chi connectivity index (χ4v) is 2.27. The highest BCUT2D eigenvalue weighted by Crippen LogP contribution is 2.34. The molecule has 2 rings (SSSR count). The molecule has 1 aromatic rings. The fraction of sp³-hybridized carbons (Fsp3) is 0.176. The van der Waals surface area contributed by atoms with E-state index in [1.165, 1.54) is 12.2 Å². The maximum Gasteiger partial charge on any atom is 0.256 e. The van der Waals surface area contributed by atoms with Crippen molar-refractivity contribution in [2.75, 3.05) is 13.7 Å². The highest BCUT2D eigenvalue weighted by Gasteiger charge is 2.25. The lowest BCUT2D eigenvalue weighted by Crippen LogP contribution is -2.29. The van der Waals surface area contributed by atoms with E-state index in [1.807, 2.05) is 0 Å². The first kappa shape index (κ1) is 16.7. The third-order valence-electron chi connectivity index (χ3n) is 3.31. The van der Waals surface area contributed by atoms with Gasteiger partial charge in [0.05, 0.1) is 13.7 Å². The second-order valence-corrected chi connectivity index (χ2v) is 4.70. The molecule has 0 saturated carbocycles. The maximum absolute atomic E-state index is 13.9. The zero-order valence-electron chi connectivity index (χ0n) is 12.2. The number of ether oxygens (including phenoxy) is 1. The van der Waals surface area contributed by atoms with Crippen LogP contribution in [-0.4, -0.2) is 25.0 Å². The first-order chi connectivity index (χ1) is 10.9. The van der Waals surface area contributed by atoms with Crippen molar-refractivity contribution in [3.05, 3.63) is 59.3 Å². The van der Waals surface area contributed by atoms with Crippen molar-refractivity contribution < 1.29 is 22.3 Å². The molecule has 1 aliphatic rings. The van der Waals surface area contributed by atoms with Crippen LogP contribution < -0.4 is 4.74 Å². The van der Waals surface area contributed by atoms with E-state index in [0.717, 1.165) is 24.1 Å². The minimum absolute atomic E-state index is 0.0786. The van der Waals surface area contributed by atoms with Gasteiger partial charge in [-0.15, -0.1) is 6.42 Å². The van der Waals surface area contributed by atoms with E-state index < -0.39 is 30.4 Å². The summed E-state index contributed by atoms with van der Waals surface area (Å²) in [5.74, 6) is -0.0708. The highest BCUT2D eigenvalue weighted by atomic mass is 19.3. The monoisotopic (exact) mass is 323 g/mol. The summed E-state index contributed by atoms with van der Waals surface area (Å²) in [6.45, 7) is 2.99. The standard InChI is InChI=1S/C17H13F4NO/c1-4-11-5-6-15(22(10(11)2)9-16(20)21)12-7-13(18)17(23-3)14(19)8-12/h1,5-8,16H,2,9H2,3H3. The van der Waals surface area contributed by atoms with Crippen LogP contribution in [0.5, 0.6) is 5.75 Å². The second kappa shape index (κ2) is 6.61. The third-order valence-corrected chi connectivity index (χ3v) is 3.31. The summed E-state index contributed by atoms with van der Waals surface area (Å²) in [5, 5.41) is 0. The van der Waals surface area contributed by atoms with Crippen molar-refractivity contribution in [3.8, 4) is 18.1 Å². The van der Waals surface area contributed by atoms with Crippen LogP contribution in [0.1, 0.15) is 5.56 Å². The molecule has 1 heterocycles. The molecule has 0 radical (unpaired) electrons. The van der Waals surface area contributed by atoms with Crippen LogP contribution in [0.25, 0.3) is 5.70 Å². The Morgan fingerprint density at radius 1 is 1.26 bits per heavy atom. The lowest BCUT2D eigenvalue weighted by molar-refractivity contribution is 0.123. The summed E-state index contributed by atoms with van der Waals surface area (Å²) in [6.07, 6.45) is 5.53. The summed E-state index contributed by atoms with van der Waals surface area (Å²) in [6, 6.07) is 2.02. The zero-order valence-corrected chi connectivity index (χ0v) is 12.2. The Kier molecular flexibility index (Phi) is 4.80. The lowest BCUT2D eigenvalue weighted by atomic mass is 10.0. The van der Waals surface area contributed by atoms with Crippen molar-refractivity contribution in [2.24, 2.45) is 0 Å². The topological polar surface area (TPSA) is 12.5 Å². The molecule has 1 aliphatic heterocycles. The van der Waals surface area contributed by atoms with Crippen molar-refractivity contribution in [2.45, 2.75) is 6.43 Å². The number of benzene rings is 1. The number of hydrogen-bond donors (Lipinski definition) is 0. The Morgan fingerprint density at radius 3 is 2.35 bits per heavy atom. The van der Waals surface area contributed by atoms with Gasteiger partial charge in [-0.3, -0.25) is 0 Å². The quantitative estimate of drug-likeness (QED) is 0.614. The fourth-order valence-electron chi connectivity index (χ4n) is 2.27. The van der Waals surface area contributed by atoms with Crippen molar-refractivity contribution in [1.29, 1.82) is 0 Å². The van der Waals surface area contributed by atoms with E-state index >= 15 is 0 Å². The minimum Gasteiger partial charge on any atom is -0.491 e. The average Bonchev–Trinajstić information content (AvgIpc) is 2.48. The van der Waals surface area contributed by atoms with Gasteiger partial charge in [-0.25, -0.2) is 17.6 Å². The van der Waals surface area contributed by atoms with E-state index in [1.54, 1.807) is 0 Å². The molecular formula is C17H13F4NO. The van der Waals surface area contributed by atoms with Gasteiger partial charge in [-0.1, -0.05) is 12.5 Å². The lowest BCUT2D eigenvalue weighted by Gasteiger charge is -2.31. The summed E-state index contributed by atoms with van der Waals surface area (Å²) in [7, 11) is 1.13. The summed E-state index contributed by atoms with van der Waals surface area (Å²) in [4.78, 5) is 1.14. The van der Waals surface area contributed by atoms with Gasteiger partial charge in [-0.2, -0.15) is 0 Å². The smallest absolute Gasteiger partial charge is 0.256 e. The Morgan fingerprint density at radius 2 is 1.87 bits per heavy atom. The van der Waals surface area contributed by atoms with Crippen LogP contribution in [0.15, 0.2) is 42.1 Å². The Balaban J connectivity index is 2.55. The molecule has 120 valence electrons. The molecule has 0 aliphatic carbocycles. The molecule has 0 fully saturated rings. The van der Waals surface area contributed by atoms with Crippen LogP contribution in [0.4, 0.5) is 17.6 Å². The number of rotatable bonds is 4. The Labute approximate surface area is 131 Å². The number of alkyl halides is 2. The molecule has 0 aromatic heterocycles. The molecular weight excluding hydrogens is 310 g/mol. The van der Waals surface area contributed by atoms with Gasteiger partial charge in [-0.05, 0) is 24.3 Å². The van der Waals surface area contributed by atoms with Gasteiger partial charge in [0.15, 0.2) is 17.4 Å². The summed E-state index contributed by atoms with van der Waals surface area (Å²) < 4.78 is 58.0. The average molecular weight is 323 g/mol. The number of allylic oxidation sites excluding steroid dienone is 3. The first-order valence-corrected chi connectivity index (χ1v) is 6.56. The molecule has 0 atom stereocenters. The third kappa shape index (κ3) is 3.24. The SMILES string of the molecule is C#CC1=CC=C(c2cc(F)c(OC)c(F)c2)N(CC(F)F)C1=C. The largest absolute Gasteiger partial charge is 0.491 e. The predicted octanol–water partition coefficient (Wildman–Crippen LogP) is 3.97. The van der Waals surface area contributed by atoms with Crippen LogP contribution in [0.2, 0.25) is 0 Å². The maximum atomic E-state index is 13.9. The van der Waals surface area contributed by atoms with Gasteiger partial charge in [0.2, 0.25) is 0 Å². The molecule has 23 heavy (non-hydrogen) atoms. The number of nitrogens with zero attached hydrogens (tertiary/aromatic N) is 1. The molecule has 0 N–H and O–H groups in total. The molecule has 6 heteroatoms. The molecule has 0 bridgehead atoms. The first-order valence-electron chi connectivity index (χ1n) is 6.56. The number of methoxy groups -OCH3 is 1. The molecule has 1 aromatic carbocycles. The van der Waals surface area contributed by atoms with Gasteiger partial charge in [0, 0.05) is 22.5 Å². The van der Waals surface area contributed by atoms with Gasteiger partial charge in [0.25, 0.3) is 6.43 Å². The molecule has 0 unspecified atom stereocenters. The summed E-state index contributed by atoms with van der Waals surface area (Å²) >= 11 is 0. The number of halogens is 4. The Bertz CT molecular complexity index is 720. The highest BCUT2D eigenvalue weighted by molar-refractivity contribution is 5.72. The predicted molar refractivity (Wildman–Crippen MR) is 79.7 cm³/mol. The van der Waals surface area contributed by atoms with Gasteiger partial charge in [0.1, 0.15) is 0 Å². The van der Waals surface area contributed by atoms with E-state index in [0.29, 0.717) is 5.57 Å². The van der Waals surface area contributed by atoms with E-state index in [-0.39, 0.29) is 17.0 Å². The van der Waals surface area contributed by atoms with Crippen LogP contribution >= 0.6 is 0 Å². The van der Waals surface area contributed by atoms with Crippen molar-refractivity contribution in [1.82, 2.24) is 4.90 Å². The normalized spacial score (nSPS) is 14.5. The molecule has 2 nitrogen and oxygen atoms in total. The van der Waals surface area contributed by atoms with Crippen molar-refractivity contribution >= 4 is 5.70 Å².